The highest BCUT2D eigenvalue weighted by Gasteiger charge is 2.16. The first-order chi connectivity index (χ1) is 14.4. The van der Waals surface area contributed by atoms with E-state index in [4.69, 9.17) is 9.47 Å². The van der Waals surface area contributed by atoms with Gasteiger partial charge in [0.15, 0.2) is 11.5 Å². The van der Waals surface area contributed by atoms with Gasteiger partial charge in [-0.2, -0.15) is 0 Å². The van der Waals surface area contributed by atoms with Gasteiger partial charge < -0.3 is 20.1 Å². The summed E-state index contributed by atoms with van der Waals surface area (Å²) in [7, 11) is 0. The Morgan fingerprint density at radius 2 is 1.53 bits per heavy atom. The van der Waals surface area contributed by atoms with Crippen molar-refractivity contribution in [3.05, 3.63) is 52.6 Å². The molecule has 0 saturated heterocycles. The highest BCUT2D eigenvalue weighted by atomic mass is 16.6. The van der Waals surface area contributed by atoms with Crippen LogP contribution in [0.1, 0.15) is 6.92 Å². The molecule has 10 nitrogen and oxygen atoms in total. The van der Waals surface area contributed by atoms with Crippen LogP contribution in [0.3, 0.4) is 0 Å². The van der Waals surface area contributed by atoms with Crippen molar-refractivity contribution < 1.29 is 24.0 Å². The fourth-order valence-corrected chi connectivity index (χ4v) is 2.87. The van der Waals surface area contributed by atoms with Crippen molar-refractivity contribution in [2.45, 2.75) is 6.92 Å². The molecule has 0 bridgehead atoms. The minimum atomic E-state index is -0.509. The molecule has 2 aromatic carbocycles. The molecule has 0 fully saturated rings. The third-order valence-electron chi connectivity index (χ3n) is 4.37. The molecule has 2 amide bonds. The van der Waals surface area contributed by atoms with Crippen molar-refractivity contribution in [3.63, 3.8) is 0 Å². The molecule has 30 heavy (non-hydrogen) atoms. The molecule has 158 valence electrons. The zero-order chi connectivity index (χ0) is 21.5. The number of rotatable bonds is 8. The topological polar surface area (TPSA) is 123 Å². The average molecular weight is 414 g/mol. The van der Waals surface area contributed by atoms with E-state index in [-0.39, 0.29) is 30.6 Å². The number of hydrogen-bond donors (Lipinski definition) is 2. The van der Waals surface area contributed by atoms with E-state index in [0.717, 1.165) is 0 Å². The third-order valence-corrected chi connectivity index (χ3v) is 4.37. The van der Waals surface area contributed by atoms with E-state index in [1.54, 1.807) is 23.1 Å². The van der Waals surface area contributed by atoms with E-state index < -0.39 is 4.92 Å². The Balaban J connectivity index is 1.51. The normalized spacial score (nSPS) is 12.3. The summed E-state index contributed by atoms with van der Waals surface area (Å²) in [6, 6.07) is 10.7. The standard InChI is InChI=1S/C20H22N4O6/c1-2-23(12-19(25)21-14-3-6-16(7-4-14)24(27)28)13-20(26)22-15-5-8-17-18(11-15)30-10-9-29-17/h3-8,11H,2,9-10,12-13H2,1H3,(H,21,25)(H,22,26). The van der Waals surface area contributed by atoms with Crippen LogP contribution in [0.25, 0.3) is 0 Å². The number of ether oxygens (including phenoxy) is 2. The van der Waals surface area contributed by atoms with Crippen LogP contribution in [-0.2, 0) is 9.59 Å². The van der Waals surface area contributed by atoms with Gasteiger partial charge in [-0.25, -0.2) is 0 Å². The molecule has 0 atom stereocenters. The molecule has 0 spiro atoms. The molecular formula is C20H22N4O6. The number of anilines is 2. The van der Waals surface area contributed by atoms with Gasteiger partial charge >= 0.3 is 0 Å². The fraction of sp³-hybridized carbons (Fsp3) is 0.300. The van der Waals surface area contributed by atoms with Crippen molar-refractivity contribution in [3.8, 4) is 11.5 Å². The molecule has 0 saturated carbocycles. The SMILES string of the molecule is CCN(CC(=O)Nc1ccc([N+](=O)[O-])cc1)CC(=O)Nc1ccc2c(c1)OCCO2. The van der Waals surface area contributed by atoms with Crippen LogP contribution in [0.5, 0.6) is 11.5 Å². The molecule has 0 aromatic heterocycles. The lowest BCUT2D eigenvalue weighted by Crippen LogP contribution is -2.38. The Kier molecular flexibility index (Phi) is 6.81. The first-order valence-electron chi connectivity index (χ1n) is 9.40. The number of nitrogens with one attached hydrogen (secondary N) is 2. The first kappa shape index (κ1) is 21.1. The number of nitrogens with zero attached hydrogens (tertiary/aromatic N) is 2. The van der Waals surface area contributed by atoms with Crippen LogP contribution in [0.15, 0.2) is 42.5 Å². The summed E-state index contributed by atoms with van der Waals surface area (Å²) >= 11 is 0. The zero-order valence-electron chi connectivity index (χ0n) is 16.4. The lowest BCUT2D eigenvalue weighted by molar-refractivity contribution is -0.384. The number of carbonyl (C=O) groups excluding carboxylic acids is 2. The highest BCUT2D eigenvalue weighted by molar-refractivity contribution is 5.95. The van der Waals surface area contributed by atoms with E-state index in [0.29, 0.717) is 42.6 Å². The maximum absolute atomic E-state index is 12.4. The minimum Gasteiger partial charge on any atom is -0.486 e. The monoisotopic (exact) mass is 414 g/mol. The number of nitro benzene ring substituents is 1. The second-order valence-electron chi connectivity index (χ2n) is 6.56. The molecule has 0 aliphatic carbocycles. The molecule has 2 aromatic rings. The van der Waals surface area contributed by atoms with Crippen LogP contribution < -0.4 is 20.1 Å². The molecule has 0 radical (unpaired) electrons. The minimum absolute atomic E-state index is 0.00203. The lowest BCUT2D eigenvalue weighted by atomic mass is 10.2. The molecule has 10 heteroatoms. The van der Waals surface area contributed by atoms with E-state index in [1.807, 2.05) is 6.92 Å². The van der Waals surface area contributed by atoms with Crippen molar-refractivity contribution >= 4 is 28.9 Å². The van der Waals surface area contributed by atoms with Gasteiger partial charge in [0.05, 0.1) is 18.0 Å². The van der Waals surface area contributed by atoms with Gasteiger partial charge in [0.1, 0.15) is 13.2 Å². The molecule has 3 rings (SSSR count). The van der Waals surface area contributed by atoms with E-state index >= 15 is 0 Å². The average Bonchev–Trinajstić information content (AvgIpc) is 2.73. The summed E-state index contributed by atoms with van der Waals surface area (Å²) in [6.45, 7) is 3.31. The van der Waals surface area contributed by atoms with Crippen molar-refractivity contribution in [2.24, 2.45) is 0 Å². The van der Waals surface area contributed by atoms with Gasteiger partial charge in [-0.3, -0.25) is 24.6 Å². The van der Waals surface area contributed by atoms with Gasteiger partial charge in [-0.15, -0.1) is 0 Å². The molecule has 1 aliphatic heterocycles. The largest absolute Gasteiger partial charge is 0.486 e. The Morgan fingerprint density at radius 3 is 2.13 bits per heavy atom. The predicted octanol–water partition coefficient (Wildman–Crippen LogP) is 2.27. The molecule has 1 aliphatic rings. The Hall–Kier alpha value is -3.66. The molecular weight excluding hydrogens is 392 g/mol. The quantitative estimate of drug-likeness (QED) is 0.502. The zero-order valence-corrected chi connectivity index (χ0v) is 16.4. The second-order valence-corrected chi connectivity index (χ2v) is 6.56. The van der Waals surface area contributed by atoms with Crippen LogP contribution in [-0.4, -0.2) is 54.5 Å². The Morgan fingerprint density at radius 1 is 0.967 bits per heavy atom. The number of hydrogen-bond acceptors (Lipinski definition) is 7. The van der Waals surface area contributed by atoms with E-state index in [1.165, 1.54) is 24.3 Å². The third kappa shape index (κ3) is 5.67. The molecule has 2 N–H and O–H groups in total. The highest BCUT2D eigenvalue weighted by Crippen LogP contribution is 2.32. The van der Waals surface area contributed by atoms with E-state index in [9.17, 15) is 19.7 Å². The summed E-state index contributed by atoms with van der Waals surface area (Å²) < 4.78 is 11.0. The smallest absolute Gasteiger partial charge is 0.269 e. The number of likely N-dealkylation sites (N-methyl/N-ethyl adjacent to an activating group) is 1. The number of fused-ring (bicyclic) bond motifs is 1. The summed E-state index contributed by atoms with van der Waals surface area (Å²) in [5.74, 6) is 0.626. The summed E-state index contributed by atoms with van der Waals surface area (Å²) in [5.41, 5.74) is 0.969. The van der Waals surface area contributed by atoms with Gasteiger partial charge in [-0.05, 0) is 30.8 Å². The number of benzene rings is 2. The number of carbonyl (C=O) groups is 2. The van der Waals surface area contributed by atoms with Gasteiger partial charge in [0, 0.05) is 29.6 Å². The van der Waals surface area contributed by atoms with Gasteiger partial charge in [0.25, 0.3) is 5.69 Å². The van der Waals surface area contributed by atoms with Gasteiger partial charge in [-0.1, -0.05) is 6.92 Å². The van der Waals surface area contributed by atoms with Gasteiger partial charge in [0.2, 0.25) is 11.8 Å². The van der Waals surface area contributed by atoms with Crippen LogP contribution >= 0.6 is 0 Å². The summed E-state index contributed by atoms with van der Waals surface area (Å²) in [6.07, 6.45) is 0. The molecule has 0 unspecified atom stereocenters. The predicted molar refractivity (Wildman–Crippen MR) is 110 cm³/mol. The number of non-ortho nitro benzene ring substituents is 1. The summed E-state index contributed by atoms with van der Waals surface area (Å²) in [5, 5.41) is 16.1. The number of amides is 2. The second kappa shape index (κ2) is 9.70. The fourth-order valence-electron chi connectivity index (χ4n) is 2.87. The maximum Gasteiger partial charge on any atom is 0.269 e. The van der Waals surface area contributed by atoms with E-state index in [2.05, 4.69) is 10.6 Å². The van der Waals surface area contributed by atoms with Crippen LogP contribution in [0, 0.1) is 10.1 Å². The van der Waals surface area contributed by atoms with Crippen LogP contribution in [0.2, 0.25) is 0 Å². The molecule has 1 heterocycles. The van der Waals surface area contributed by atoms with Crippen molar-refractivity contribution in [1.82, 2.24) is 4.90 Å². The Bertz CT molecular complexity index is 931. The van der Waals surface area contributed by atoms with Crippen molar-refractivity contribution in [1.29, 1.82) is 0 Å². The summed E-state index contributed by atoms with van der Waals surface area (Å²) in [4.78, 5) is 36.5. The first-order valence-corrected chi connectivity index (χ1v) is 9.40. The number of nitro groups is 1. The Labute approximate surface area is 172 Å². The maximum atomic E-state index is 12.4. The van der Waals surface area contributed by atoms with Crippen molar-refractivity contribution in [2.75, 3.05) is 43.5 Å². The van der Waals surface area contributed by atoms with Crippen LogP contribution in [0.4, 0.5) is 17.1 Å². The lowest BCUT2D eigenvalue weighted by Gasteiger charge is -2.21.